The number of hydrogen-bond acceptors (Lipinski definition) is 4. The van der Waals surface area contributed by atoms with Gasteiger partial charge in [0.1, 0.15) is 0 Å². The minimum absolute atomic E-state index is 0.0791. The third-order valence-electron chi connectivity index (χ3n) is 2.63. The monoisotopic (exact) mass is 238 g/mol. The number of rotatable bonds is 3. The predicted molar refractivity (Wildman–Crippen MR) is 62.5 cm³/mol. The SMILES string of the molecule is Cc1ccncc1CNC1C=CS(=O)(=O)C1. The van der Waals surface area contributed by atoms with Crippen LogP contribution >= 0.6 is 0 Å². The Morgan fingerprint density at radius 3 is 3.00 bits per heavy atom. The van der Waals surface area contributed by atoms with Gasteiger partial charge in [0.05, 0.1) is 5.75 Å². The molecule has 16 heavy (non-hydrogen) atoms. The lowest BCUT2D eigenvalue weighted by molar-refractivity contribution is 0.590. The number of hydrogen-bond donors (Lipinski definition) is 1. The van der Waals surface area contributed by atoms with Gasteiger partial charge < -0.3 is 5.32 Å². The van der Waals surface area contributed by atoms with Gasteiger partial charge in [-0.05, 0) is 24.1 Å². The van der Waals surface area contributed by atoms with Gasteiger partial charge in [0.25, 0.3) is 0 Å². The third kappa shape index (κ3) is 2.68. The van der Waals surface area contributed by atoms with Crippen molar-refractivity contribution >= 4 is 9.84 Å². The zero-order chi connectivity index (χ0) is 11.6. The van der Waals surface area contributed by atoms with Crippen LogP contribution in [0.25, 0.3) is 0 Å². The van der Waals surface area contributed by atoms with Crippen LogP contribution in [0.5, 0.6) is 0 Å². The van der Waals surface area contributed by atoms with Crippen LogP contribution in [0, 0.1) is 6.92 Å². The Labute approximate surface area is 95.3 Å². The van der Waals surface area contributed by atoms with E-state index in [1.165, 1.54) is 5.41 Å². The number of nitrogens with zero attached hydrogens (tertiary/aromatic N) is 1. The molecule has 0 saturated heterocycles. The molecule has 2 rings (SSSR count). The van der Waals surface area contributed by atoms with Gasteiger partial charge >= 0.3 is 0 Å². The van der Waals surface area contributed by atoms with E-state index >= 15 is 0 Å². The lowest BCUT2D eigenvalue weighted by Crippen LogP contribution is -2.29. The van der Waals surface area contributed by atoms with Gasteiger partial charge in [-0.15, -0.1) is 0 Å². The van der Waals surface area contributed by atoms with E-state index in [1.54, 1.807) is 18.5 Å². The first-order valence-corrected chi connectivity index (χ1v) is 6.82. The zero-order valence-corrected chi connectivity index (χ0v) is 9.87. The fraction of sp³-hybridized carbons (Fsp3) is 0.364. The molecule has 0 bridgehead atoms. The molecular weight excluding hydrogens is 224 g/mol. The number of aryl methyl sites for hydroxylation is 1. The lowest BCUT2D eigenvalue weighted by Gasteiger charge is -2.10. The summed E-state index contributed by atoms with van der Waals surface area (Å²) in [7, 11) is -2.97. The first-order chi connectivity index (χ1) is 7.57. The Bertz CT molecular complexity index is 508. The molecule has 2 heterocycles. The van der Waals surface area contributed by atoms with Crippen molar-refractivity contribution in [3.05, 3.63) is 41.1 Å². The summed E-state index contributed by atoms with van der Waals surface area (Å²) in [5, 5.41) is 4.47. The Balaban J connectivity index is 1.95. The summed E-state index contributed by atoms with van der Waals surface area (Å²) in [5.74, 6) is 0.159. The fourth-order valence-corrected chi connectivity index (χ4v) is 2.90. The molecule has 0 saturated carbocycles. The fourth-order valence-electron chi connectivity index (χ4n) is 1.63. The summed E-state index contributed by atoms with van der Waals surface area (Å²) in [6, 6.07) is 1.86. The molecule has 1 aliphatic rings. The number of sulfone groups is 1. The van der Waals surface area contributed by atoms with E-state index in [9.17, 15) is 8.42 Å². The van der Waals surface area contributed by atoms with Crippen molar-refractivity contribution in [1.29, 1.82) is 0 Å². The zero-order valence-electron chi connectivity index (χ0n) is 9.05. The maximum absolute atomic E-state index is 11.2. The van der Waals surface area contributed by atoms with Crippen molar-refractivity contribution in [2.75, 3.05) is 5.75 Å². The normalized spacial score (nSPS) is 22.4. The maximum atomic E-state index is 11.2. The maximum Gasteiger partial charge on any atom is 0.173 e. The lowest BCUT2D eigenvalue weighted by atomic mass is 10.1. The van der Waals surface area contributed by atoms with Crippen molar-refractivity contribution in [2.45, 2.75) is 19.5 Å². The minimum atomic E-state index is -2.97. The summed E-state index contributed by atoms with van der Waals surface area (Å²) >= 11 is 0. The van der Waals surface area contributed by atoms with Crippen LogP contribution in [0.1, 0.15) is 11.1 Å². The van der Waals surface area contributed by atoms with Crippen LogP contribution in [-0.4, -0.2) is 25.2 Å². The highest BCUT2D eigenvalue weighted by Gasteiger charge is 2.20. The van der Waals surface area contributed by atoms with Crippen LogP contribution < -0.4 is 5.32 Å². The van der Waals surface area contributed by atoms with E-state index < -0.39 is 9.84 Å². The molecule has 0 aromatic carbocycles. The molecular formula is C11H14N2O2S. The van der Waals surface area contributed by atoms with Crippen LogP contribution in [0.15, 0.2) is 29.9 Å². The number of aromatic nitrogens is 1. The molecule has 4 nitrogen and oxygen atoms in total. The van der Waals surface area contributed by atoms with Gasteiger partial charge in [-0.25, -0.2) is 8.42 Å². The number of nitrogens with one attached hydrogen (secondary N) is 1. The average Bonchev–Trinajstić information content (AvgIpc) is 2.57. The molecule has 1 unspecified atom stereocenters. The Morgan fingerprint density at radius 1 is 1.56 bits per heavy atom. The summed E-state index contributed by atoms with van der Waals surface area (Å²) < 4.78 is 22.4. The van der Waals surface area contributed by atoms with Gasteiger partial charge in [-0.1, -0.05) is 6.08 Å². The Kier molecular flexibility index (Phi) is 3.07. The smallest absolute Gasteiger partial charge is 0.173 e. The second kappa shape index (κ2) is 4.35. The van der Waals surface area contributed by atoms with Crippen molar-refractivity contribution in [2.24, 2.45) is 0 Å². The van der Waals surface area contributed by atoms with Gasteiger partial charge in [0.15, 0.2) is 9.84 Å². The predicted octanol–water partition coefficient (Wildman–Crippen LogP) is 0.790. The van der Waals surface area contributed by atoms with E-state index in [0.717, 1.165) is 11.1 Å². The highest BCUT2D eigenvalue weighted by Crippen LogP contribution is 2.10. The summed E-state index contributed by atoms with van der Waals surface area (Å²) in [6.07, 6.45) is 5.25. The van der Waals surface area contributed by atoms with E-state index in [2.05, 4.69) is 10.3 Å². The third-order valence-corrected chi connectivity index (χ3v) is 4.03. The largest absolute Gasteiger partial charge is 0.305 e. The molecule has 0 amide bonds. The molecule has 86 valence electrons. The summed E-state index contributed by atoms with van der Waals surface area (Å²) in [5.41, 5.74) is 2.26. The van der Waals surface area contributed by atoms with E-state index in [1.807, 2.05) is 13.0 Å². The average molecular weight is 238 g/mol. The molecule has 0 radical (unpaired) electrons. The topological polar surface area (TPSA) is 59.1 Å². The van der Waals surface area contributed by atoms with E-state index in [4.69, 9.17) is 0 Å². The van der Waals surface area contributed by atoms with Gasteiger partial charge in [-0.2, -0.15) is 0 Å². The molecule has 5 heteroatoms. The first-order valence-electron chi connectivity index (χ1n) is 5.11. The van der Waals surface area contributed by atoms with Crippen molar-refractivity contribution in [1.82, 2.24) is 10.3 Å². The first kappa shape index (κ1) is 11.3. The molecule has 1 N–H and O–H groups in total. The molecule has 0 aliphatic carbocycles. The van der Waals surface area contributed by atoms with Crippen molar-refractivity contribution in [3.8, 4) is 0 Å². The van der Waals surface area contributed by atoms with Crippen molar-refractivity contribution < 1.29 is 8.42 Å². The van der Waals surface area contributed by atoms with Crippen LogP contribution in [-0.2, 0) is 16.4 Å². The second-order valence-electron chi connectivity index (χ2n) is 3.95. The minimum Gasteiger partial charge on any atom is -0.305 e. The quantitative estimate of drug-likeness (QED) is 0.846. The molecule has 1 atom stereocenters. The van der Waals surface area contributed by atoms with Gasteiger partial charge in [0.2, 0.25) is 0 Å². The van der Waals surface area contributed by atoms with Crippen LogP contribution in [0.3, 0.4) is 0 Å². The molecule has 1 aromatic rings. The number of pyridine rings is 1. The summed E-state index contributed by atoms with van der Waals surface area (Å²) in [4.78, 5) is 4.04. The second-order valence-corrected chi connectivity index (χ2v) is 5.88. The molecule has 1 aliphatic heterocycles. The molecule has 0 spiro atoms. The highest BCUT2D eigenvalue weighted by atomic mass is 32.2. The van der Waals surface area contributed by atoms with Gasteiger partial charge in [-0.3, -0.25) is 4.98 Å². The van der Waals surface area contributed by atoms with Crippen LogP contribution in [0.4, 0.5) is 0 Å². The Morgan fingerprint density at radius 2 is 2.38 bits per heavy atom. The molecule has 1 aromatic heterocycles. The van der Waals surface area contributed by atoms with E-state index in [-0.39, 0.29) is 11.8 Å². The van der Waals surface area contributed by atoms with E-state index in [0.29, 0.717) is 6.54 Å². The summed E-state index contributed by atoms with van der Waals surface area (Å²) in [6.45, 7) is 2.66. The van der Waals surface area contributed by atoms with Gasteiger partial charge in [0, 0.05) is 30.4 Å². The highest BCUT2D eigenvalue weighted by molar-refractivity contribution is 7.94. The standard InChI is InChI=1S/C11H14N2O2S/c1-9-2-4-12-6-10(9)7-13-11-3-5-16(14,15)8-11/h2-6,11,13H,7-8H2,1H3. The van der Waals surface area contributed by atoms with Crippen molar-refractivity contribution in [3.63, 3.8) is 0 Å². The Hall–Kier alpha value is -1.20. The van der Waals surface area contributed by atoms with Crippen LogP contribution in [0.2, 0.25) is 0 Å². The molecule has 0 fully saturated rings.